The summed E-state index contributed by atoms with van der Waals surface area (Å²) in [5.74, 6) is -12.1. The molecule has 59 heavy (non-hydrogen) atoms. The lowest BCUT2D eigenvalue weighted by Crippen LogP contribution is -2.66. The Bertz CT molecular complexity index is 1450. The lowest BCUT2D eigenvalue weighted by atomic mass is 9.97. The minimum Gasteiger partial charge on any atom is -0.463 e. The zero-order valence-corrected chi connectivity index (χ0v) is 37.1. The van der Waals surface area contributed by atoms with Gasteiger partial charge in [-0.25, -0.2) is 0 Å². The molecule has 2 heterocycles. The number of carbonyl (C=O) groups excluding carboxylic acids is 7. The standard InChI is InChI=1S/C41H66O18/c1-19(2)34(43)51-18-41(33(57-39(48)24(11)12)30(54-36(45)21(5)6)28(58-41)17-49-25(13)14)59-40-32(56-38(47)23(9)10)31(55-37(46)22(7)8)29(53-35(44)20(3)4)27(52-40)16-50-26(15)42/h19-25,27-33,40H,16-18H2,1-15H3. The highest BCUT2D eigenvalue weighted by Crippen LogP contribution is 2.42. The molecule has 9 unspecified atom stereocenters. The number of rotatable bonds is 20. The summed E-state index contributed by atoms with van der Waals surface area (Å²) in [5, 5.41) is 0. The van der Waals surface area contributed by atoms with Crippen LogP contribution in [-0.4, -0.2) is 123 Å². The Kier molecular flexibility index (Phi) is 19.7. The van der Waals surface area contributed by atoms with Crippen molar-refractivity contribution in [3.63, 3.8) is 0 Å². The molecule has 9 atom stereocenters. The van der Waals surface area contributed by atoms with Crippen LogP contribution in [0.4, 0.5) is 0 Å². The fourth-order valence-electron chi connectivity index (χ4n) is 5.38. The van der Waals surface area contributed by atoms with E-state index < -0.39 is 145 Å². The average molecular weight is 847 g/mol. The van der Waals surface area contributed by atoms with Crippen LogP contribution in [0.3, 0.4) is 0 Å². The first-order valence-electron chi connectivity index (χ1n) is 20.3. The van der Waals surface area contributed by atoms with E-state index >= 15 is 0 Å². The van der Waals surface area contributed by atoms with E-state index in [9.17, 15) is 33.6 Å². The Morgan fingerprint density at radius 3 is 1.36 bits per heavy atom. The predicted octanol–water partition coefficient (Wildman–Crippen LogP) is 3.85. The van der Waals surface area contributed by atoms with E-state index in [1.807, 2.05) is 0 Å². The molecule has 0 saturated carbocycles. The zero-order chi connectivity index (χ0) is 45.1. The van der Waals surface area contributed by atoms with Gasteiger partial charge in [0.15, 0.2) is 30.5 Å². The van der Waals surface area contributed by atoms with Crippen molar-refractivity contribution in [2.24, 2.45) is 35.5 Å². The van der Waals surface area contributed by atoms with Gasteiger partial charge in [-0.15, -0.1) is 0 Å². The van der Waals surface area contributed by atoms with Gasteiger partial charge in [0.05, 0.1) is 48.2 Å². The highest BCUT2D eigenvalue weighted by atomic mass is 16.8. The second-order valence-corrected chi connectivity index (χ2v) is 16.8. The molecule has 0 radical (unpaired) electrons. The quantitative estimate of drug-likeness (QED) is 0.125. The van der Waals surface area contributed by atoms with Crippen molar-refractivity contribution in [1.29, 1.82) is 0 Å². The van der Waals surface area contributed by atoms with Crippen LogP contribution >= 0.6 is 0 Å². The predicted molar refractivity (Wildman–Crippen MR) is 204 cm³/mol. The van der Waals surface area contributed by atoms with E-state index in [4.69, 9.17) is 52.1 Å². The smallest absolute Gasteiger partial charge is 0.308 e. The van der Waals surface area contributed by atoms with Gasteiger partial charge in [-0.2, -0.15) is 0 Å². The van der Waals surface area contributed by atoms with E-state index in [0.717, 1.165) is 6.92 Å². The van der Waals surface area contributed by atoms with Gasteiger partial charge < -0.3 is 52.1 Å². The number of hydrogen-bond donors (Lipinski definition) is 0. The molecule has 2 fully saturated rings. The van der Waals surface area contributed by atoms with E-state index in [-0.39, 0.29) is 12.7 Å². The molecule has 2 aliphatic rings. The first-order valence-corrected chi connectivity index (χ1v) is 20.3. The first-order chi connectivity index (χ1) is 27.3. The van der Waals surface area contributed by atoms with Crippen molar-refractivity contribution in [2.45, 2.75) is 165 Å². The molecule has 18 heteroatoms. The molecule has 2 saturated heterocycles. The highest BCUT2D eigenvalue weighted by molar-refractivity contribution is 5.75. The van der Waals surface area contributed by atoms with Crippen molar-refractivity contribution >= 4 is 41.8 Å². The number of hydrogen-bond acceptors (Lipinski definition) is 18. The van der Waals surface area contributed by atoms with Crippen LogP contribution in [0, 0.1) is 35.5 Å². The summed E-state index contributed by atoms with van der Waals surface area (Å²) in [5.41, 5.74) is 0. The fourth-order valence-corrected chi connectivity index (χ4v) is 5.38. The van der Waals surface area contributed by atoms with Crippen LogP contribution in [0.25, 0.3) is 0 Å². The van der Waals surface area contributed by atoms with Crippen LogP contribution in [0.2, 0.25) is 0 Å². The summed E-state index contributed by atoms with van der Waals surface area (Å²) >= 11 is 0. The second-order valence-electron chi connectivity index (χ2n) is 16.8. The van der Waals surface area contributed by atoms with Crippen LogP contribution in [0.5, 0.6) is 0 Å². The number of esters is 7. The molecule has 338 valence electrons. The van der Waals surface area contributed by atoms with Crippen LogP contribution < -0.4 is 0 Å². The summed E-state index contributed by atoms with van der Waals surface area (Å²) in [7, 11) is 0. The van der Waals surface area contributed by atoms with E-state index in [1.54, 1.807) is 83.1 Å². The average Bonchev–Trinajstić information content (AvgIpc) is 3.40. The second kappa shape index (κ2) is 22.7. The van der Waals surface area contributed by atoms with E-state index in [1.165, 1.54) is 13.8 Å². The molecule has 0 amide bonds. The molecule has 0 spiro atoms. The maximum absolute atomic E-state index is 13.5. The lowest BCUT2D eigenvalue weighted by molar-refractivity contribution is -0.385. The summed E-state index contributed by atoms with van der Waals surface area (Å²) in [6.07, 6.45) is -13.2. The van der Waals surface area contributed by atoms with Gasteiger partial charge in [0, 0.05) is 6.92 Å². The Morgan fingerprint density at radius 1 is 0.492 bits per heavy atom. The van der Waals surface area contributed by atoms with Crippen molar-refractivity contribution in [3.05, 3.63) is 0 Å². The topological polar surface area (TPSA) is 221 Å². The molecule has 0 aromatic rings. The van der Waals surface area contributed by atoms with Gasteiger partial charge >= 0.3 is 41.8 Å². The van der Waals surface area contributed by atoms with Gasteiger partial charge in [-0.1, -0.05) is 83.1 Å². The summed E-state index contributed by atoms with van der Waals surface area (Å²) in [4.78, 5) is 92.2. The van der Waals surface area contributed by atoms with Crippen molar-refractivity contribution in [2.75, 3.05) is 19.8 Å². The molecular formula is C41H66O18. The van der Waals surface area contributed by atoms with Gasteiger partial charge in [-0.05, 0) is 13.8 Å². The van der Waals surface area contributed by atoms with Gasteiger partial charge in [0.1, 0.15) is 25.4 Å². The highest BCUT2D eigenvalue weighted by Gasteiger charge is 2.65. The van der Waals surface area contributed by atoms with Crippen molar-refractivity contribution in [1.82, 2.24) is 0 Å². The third-order valence-corrected chi connectivity index (χ3v) is 8.90. The Morgan fingerprint density at radius 2 is 0.915 bits per heavy atom. The maximum Gasteiger partial charge on any atom is 0.308 e. The van der Waals surface area contributed by atoms with E-state index in [2.05, 4.69) is 0 Å². The van der Waals surface area contributed by atoms with E-state index in [0.29, 0.717) is 0 Å². The van der Waals surface area contributed by atoms with Gasteiger partial charge in [0.25, 0.3) is 0 Å². The molecule has 0 aromatic carbocycles. The SMILES string of the molecule is CC(=O)OCC1OC(OC2(COC(=O)C(C)C)OC(COC(C)C)C(OC(=O)C(C)C)C2OC(=O)C(C)C)C(OC(=O)C(C)C)C(OC(=O)C(C)C)C1OC(=O)C(C)C. The minimum atomic E-state index is -2.44. The third kappa shape index (κ3) is 14.7. The first kappa shape index (κ1) is 51.3. The largest absolute Gasteiger partial charge is 0.463 e. The van der Waals surface area contributed by atoms with Crippen molar-refractivity contribution in [3.8, 4) is 0 Å². The molecular weight excluding hydrogens is 780 g/mol. The van der Waals surface area contributed by atoms with Gasteiger partial charge in [0.2, 0.25) is 12.1 Å². The Hall–Kier alpha value is -3.87. The lowest BCUT2D eigenvalue weighted by Gasteiger charge is -2.47. The van der Waals surface area contributed by atoms with Crippen LogP contribution in [0.15, 0.2) is 0 Å². The third-order valence-electron chi connectivity index (χ3n) is 8.90. The summed E-state index contributed by atoms with van der Waals surface area (Å²) in [6.45, 7) is 21.7. The monoisotopic (exact) mass is 846 g/mol. The molecule has 0 bridgehead atoms. The fraction of sp³-hybridized carbons (Fsp3) is 0.829. The van der Waals surface area contributed by atoms with Gasteiger partial charge in [-0.3, -0.25) is 33.6 Å². The van der Waals surface area contributed by atoms with Crippen LogP contribution in [-0.2, 0) is 85.7 Å². The molecule has 2 aliphatic heterocycles. The van der Waals surface area contributed by atoms with Crippen molar-refractivity contribution < 1.29 is 85.7 Å². The number of carbonyl (C=O) groups is 7. The zero-order valence-electron chi connectivity index (χ0n) is 37.1. The molecule has 18 nitrogen and oxygen atoms in total. The molecule has 2 rings (SSSR count). The maximum atomic E-state index is 13.5. The summed E-state index contributed by atoms with van der Waals surface area (Å²) in [6, 6.07) is 0. The molecule has 0 N–H and O–H groups in total. The molecule has 0 aromatic heterocycles. The van der Waals surface area contributed by atoms with Crippen LogP contribution in [0.1, 0.15) is 104 Å². The normalized spacial score (nSPS) is 27.0. The Balaban J connectivity index is 3.04. The Labute approximate surface area is 347 Å². The molecule has 0 aliphatic carbocycles. The minimum absolute atomic E-state index is 0.249. The number of ether oxygens (including phenoxy) is 11. The summed E-state index contributed by atoms with van der Waals surface area (Å²) < 4.78 is 66.3.